The van der Waals surface area contributed by atoms with E-state index < -0.39 is 10.0 Å². The van der Waals surface area contributed by atoms with Crippen molar-refractivity contribution in [2.75, 3.05) is 70.6 Å². The Balaban J connectivity index is 1.34. The lowest BCUT2D eigenvalue weighted by molar-refractivity contribution is 0.0772. The maximum Gasteiger partial charge on any atom is 0.253 e. The minimum absolute atomic E-state index is 0.0290. The fourth-order valence-corrected chi connectivity index (χ4v) is 9.40. The molecule has 0 bridgehead atoms. The quantitative estimate of drug-likeness (QED) is 0.146. The molecule has 2 aromatic heterocycles. The van der Waals surface area contributed by atoms with Gasteiger partial charge in [-0.3, -0.25) is 19.7 Å². The van der Waals surface area contributed by atoms with Gasteiger partial charge in [0.05, 0.1) is 11.4 Å². The number of carbonyl (C=O) groups excluding carboxylic acids is 1. The van der Waals surface area contributed by atoms with Gasteiger partial charge in [0.25, 0.3) is 5.91 Å². The van der Waals surface area contributed by atoms with Crippen molar-refractivity contribution in [2.24, 2.45) is 0 Å². The highest BCUT2D eigenvalue weighted by Gasteiger charge is 2.37. The molecule has 0 radical (unpaired) electrons. The van der Waals surface area contributed by atoms with E-state index in [1.54, 1.807) is 0 Å². The Morgan fingerprint density at radius 2 is 1.14 bits per heavy atom. The zero-order valence-corrected chi connectivity index (χ0v) is 30.6. The van der Waals surface area contributed by atoms with E-state index in [2.05, 4.69) is 114 Å². The summed E-state index contributed by atoms with van der Waals surface area (Å²) < 4.78 is 0. The Morgan fingerprint density at radius 1 is 0.633 bits per heavy atom. The zero-order valence-electron chi connectivity index (χ0n) is 29.8. The molecule has 0 unspecified atom stereocenters. The summed E-state index contributed by atoms with van der Waals surface area (Å²) in [5, 5.41) is 0. The number of anilines is 2. The van der Waals surface area contributed by atoms with E-state index >= 15 is 0 Å². The first-order chi connectivity index (χ1) is 23.5. The highest BCUT2D eigenvalue weighted by Crippen LogP contribution is 2.66. The van der Waals surface area contributed by atoms with Gasteiger partial charge in [0.15, 0.2) is 0 Å². The standard InChI is InChI=1S/C41H48N6OS/c1-44(2)32-18-20-36-38(26-32)49(6,7)39-27-33(45(3)4)19-21-37(39)40(36)34-16-8-9-17-35(34)41(48)46(5)24-25-47(28-30-14-10-12-22-42-30)29-31-15-11-13-23-43-31/h8-23,26-27,40H,24-25,28-29H2,1-7H3. The molecule has 0 N–H and O–H groups in total. The van der Waals surface area contributed by atoms with Crippen LogP contribution in [0.5, 0.6) is 0 Å². The summed E-state index contributed by atoms with van der Waals surface area (Å²) in [7, 11) is 8.97. The van der Waals surface area contributed by atoms with Gasteiger partial charge in [0.1, 0.15) is 0 Å². The average Bonchev–Trinajstić information content (AvgIpc) is 3.11. The van der Waals surface area contributed by atoms with Crippen molar-refractivity contribution in [2.45, 2.75) is 28.8 Å². The number of rotatable bonds is 11. The molecule has 0 saturated heterocycles. The van der Waals surface area contributed by atoms with Crippen LogP contribution in [0.25, 0.3) is 0 Å². The molecule has 1 aliphatic heterocycles. The van der Waals surface area contributed by atoms with Crippen LogP contribution in [0.3, 0.4) is 0 Å². The highest BCUT2D eigenvalue weighted by atomic mass is 32.3. The van der Waals surface area contributed by atoms with Crippen molar-refractivity contribution >= 4 is 27.3 Å². The second-order valence-corrected chi connectivity index (χ2v) is 17.2. The first-order valence-electron chi connectivity index (χ1n) is 16.8. The third kappa shape index (κ3) is 7.21. The average molecular weight is 673 g/mol. The van der Waals surface area contributed by atoms with Gasteiger partial charge in [0.2, 0.25) is 0 Å². The summed E-state index contributed by atoms with van der Waals surface area (Å²) in [4.78, 5) is 34.9. The third-order valence-corrected chi connectivity index (χ3v) is 12.5. The molecular weight excluding hydrogens is 625 g/mol. The fourth-order valence-electron chi connectivity index (χ4n) is 6.78. The fraction of sp³-hybridized carbons (Fsp3) is 0.293. The number of benzene rings is 3. The van der Waals surface area contributed by atoms with E-state index in [0.717, 1.165) is 22.5 Å². The smallest absolute Gasteiger partial charge is 0.253 e. The van der Waals surface area contributed by atoms with Crippen LogP contribution < -0.4 is 9.80 Å². The summed E-state index contributed by atoms with van der Waals surface area (Å²) in [6, 6.07) is 34.0. The SMILES string of the molecule is CN(CCN(Cc1ccccn1)Cc1ccccn1)C(=O)c1ccccc1C1c2ccc(N(C)C)cc2S(C)(C)c2cc(N(C)C)ccc21. The minimum atomic E-state index is -1.34. The Kier molecular flexibility index (Phi) is 10.1. The van der Waals surface area contributed by atoms with Crippen LogP contribution in [0.15, 0.2) is 119 Å². The van der Waals surface area contributed by atoms with Crippen molar-refractivity contribution in [3.8, 4) is 0 Å². The van der Waals surface area contributed by atoms with Gasteiger partial charge in [-0.15, -0.1) is 0 Å². The third-order valence-electron chi connectivity index (χ3n) is 9.57. The number of nitrogens with zero attached hydrogens (tertiary/aromatic N) is 6. The lowest BCUT2D eigenvalue weighted by atomic mass is 9.82. The van der Waals surface area contributed by atoms with Crippen LogP contribution in [-0.2, 0) is 13.1 Å². The number of hydrogen-bond acceptors (Lipinski definition) is 6. The zero-order chi connectivity index (χ0) is 34.7. The van der Waals surface area contributed by atoms with Crippen molar-refractivity contribution in [3.63, 3.8) is 0 Å². The molecule has 0 fully saturated rings. The summed E-state index contributed by atoms with van der Waals surface area (Å²) in [6.07, 6.45) is 8.47. The Bertz CT molecular complexity index is 1810. The van der Waals surface area contributed by atoms with Gasteiger partial charge in [-0.05, 0) is 93.6 Å². The lowest BCUT2D eigenvalue weighted by Gasteiger charge is -2.44. The maximum absolute atomic E-state index is 14.5. The van der Waals surface area contributed by atoms with Crippen LogP contribution in [0.1, 0.15) is 44.4 Å². The molecule has 254 valence electrons. The second kappa shape index (κ2) is 14.4. The van der Waals surface area contributed by atoms with Crippen molar-refractivity contribution in [1.82, 2.24) is 19.8 Å². The molecule has 0 atom stereocenters. The van der Waals surface area contributed by atoms with Gasteiger partial charge < -0.3 is 14.7 Å². The number of pyridine rings is 2. The first kappa shape index (κ1) is 34.2. The number of carbonyl (C=O) groups is 1. The molecule has 0 saturated carbocycles. The number of likely N-dealkylation sites (N-methyl/N-ethyl adjacent to an activating group) is 1. The molecule has 1 aliphatic rings. The van der Waals surface area contributed by atoms with E-state index in [9.17, 15) is 4.79 Å². The van der Waals surface area contributed by atoms with Crippen LogP contribution in [0.2, 0.25) is 0 Å². The number of fused-ring (bicyclic) bond motifs is 2. The van der Waals surface area contributed by atoms with Crippen LogP contribution >= 0.6 is 10.0 Å². The lowest BCUT2D eigenvalue weighted by Crippen LogP contribution is -2.36. The van der Waals surface area contributed by atoms with E-state index in [1.807, 2.05) is 72.9 Å². The molecule has 0 aliphatic carbocycles. The summed E-state index contributed by atoms with van der Waals surface area (Å²) in [5.41, 5.74) is 8.73. The van der Waals surface area contributed by atoms with Gasteiger partial charge in [-0.2, -0.15) is 10.0 Å². The minimum Gasteiger partial charge on any atom is -0.378 e. The molecule has 5 aromatic rings. The topological polar surface area (TPSA) is 55.8 Å². The molecule has 3 heterocycles. The second-order valence-electron chi connectivity index (χ2n) is 13.7. The van der Waals surface area contributed by atoms with Gasteiger partial charge in [-0.25, -0.2) is 0 Å². The molecular formula is C41H48N6OS. The molecule has 7 nitrogen and oxygen atoms in total. The summed E-state index contributed by atoms with van der Waals surface area (Å²) >= 11 is 0. The molecule has 3 aromatic carbocycles. The van der Waals surface area contributed by atoms with Crippen LogP contribution in [-0.4, -0.2) is 86.5 Å². The largest absolute Gasteiger partial charge is 0.378 e. The first-order valence-corrected chi connectivity index (χ1v) is 19.2. The molecule has 49 heavy (non-hydrogen) atoms. The van der Waals surface area contributed by atoms with E-state index in [1.165, 1.54) is 32.3 Å². The summed E-state index contributed by atoms with van der Waals surface area (Å²) in [5.74, 6) is -0.0300. The Hall–Kier alpha value is -4.66. The molecule has 1 amide bonds. The number of amides is 1. The van der Waals surface area contributed by atoms with Crippen molar-refractivity contribution in [1.29, 1.82) is 0 Å². The maximum atomic E-state index is 14.5. The van der Waals surface area contributed by atoms with Gasteiger partial charge >= 0.3 is 0 Å². The number of aromatic nitrogens is 2. The van der Waals surface area contributed by atoms with Gasteiger partial charge in [0, 0.05) is 96.7 Å². The predicted molar refractivity (Wildman–Crippen MR) is 204 cm³/mol. The van der Waals surface area contributed by atoms with E-state index in [4.69, 9.17) is 0 Å². The van der Waals surface area contributed by atoms with Gasteiger partial charge in [-0.1, -0.05) is 42.5 Å². The Morgan fingerprint density at radius 3 is 1.63 bits per heavy atom. The summed E-state index contributed by atoms with van der Waals surface area (Å²) in [6.45, 7) is 2.60. The Labute approximate surface area is 293 Å². The van der Waals surface area contributed by atoms with E-state index in [-0.39, 0.29) is 11.8 Å². The molecule has 8 heteroatoms. The van der Waals surface area contributed by atoms with Crippen LogP contribution in [0.4, 0.5) is 11.4 Å². The normalized spacial score (nSPS) is 14.1. The monoisotopic (exact) mass is 672 g/mol. The van der Waals surface area contributed by atoms with Crippen LogP contribution in [0, 0.1) is 0 Å². The number of hydrogen-bond donors (Lipinski definition) is 0. The van der Waals surface area contributed by atoms with Crippen molar-refractivity contribution in [3.05, 3.63) is 143 Å². The highest BCUT2D eigenvalue weighted by molar-refractivity contribution is 8.32. The van der Waals surface area contributed by atoms with Crippen molar-refractivity contribution < 1.29 is 4.79 Å². The molecule has 0 spiro atoms. The molecule has 6 rings (SSSR count). The van der Waals surface area contributed by atoms with E-state index in [0.29, 0.717) is 26.2 Å². The predicted octanol–water partition coefficient (Wildman–Crippen LogP) is 7.36.